The highest BCUT2D eigenvalue weighted by Gasteiger charge is 2.38. The molecule has 0 saturated heterocycles. The maximum Gasteiger partial charge on any atom is 0.0542 e. The van der Waals surface area contributed by atoms with Crippen LogP contribution in [0.25, 0.3) is 27.5 Å². The molecule has 4 aromatic carbocycles. The lowest BCUT2D eigenvalue weighted by molar-refractivity contribution is 0.603. The van der Waals surface area contributed by atoms with Gasteiger partial charge in [0.15, 0.2) is 0 Å². The third-order valence-electron chi connectivity index (χ3n) is 7.83. The van der Waals surface area contributed by atoms with E-state index >= 15 is 0 Å². The van der Waals surface area contributed by atoms with Gasteiger partial charge in [-0.25, -0.2) is 0 Å². The summed E-state index contributed by atoms with van der Waals surface area (Å²) in [5.41, 5.74) is 10.5. The second kappa shape index (κ2) is 7.48. The number of para-hydroxylation sites is 3. The monoisotopic (exact) mass is 452 g/mol. The van der Waals surface area contributed by atoms with E-state index in [1.54, 1.807) is 0 Å². The fourth-order valence-electron chi connectivity index (χ4n) is 6.19. The molecule has 0 fully saturated rings. The van der Waals surface area contributed by atoms with Gasteiger partial charge in [0.1, 0.15) is 0 Å². The molecule has 0 spiro atoms. The summed E-state index contributed by atoms with van der Waals surface area (Å²) in [6.07, 6.45) is 6.85. The minimum Gasteiger partial charge on any atom is -0.314 e. The summed E-state index contributed by atoms with van der Waals surface area (Å²) >= 11 is 0. The molecule has 1 aliphatic carbocycles. The molecule has 0 radical (unpaired) electrons. The quantitative estimate of drug-likeness (QED) is 0.260. The Morgan fingerprint density at radius 1 is 0.686 bits per heavy atom. The number of hydrogen-bond donors (Lipinski definition) is 0. The van der Waals surface area contributed by atoms with Crippen LogP contribution in [-0.4, -0.2) is 4.57 Å². The van der Waals surface area contributed by atoms with E-state index in [0.29, 0.717) is 0 Å². The minimum atomic E-state index is -0.00716. The fourth-order valence-corrected chi connectivity index (χ4v) is 6.19. The van der Waals surface area contributed by atoms with Gasteiger partial charge in [0.05, 0.1) is 11.0 Å². The van der Waals surface area contributed by atoms with Gasteiger partial charge in [-0.2, -0.15) is 0 Å². The van der Waals surface area contributed by atoms with Crippen LogP contribution in [0.1, 0.15) is 32.3 Å². The number of nitrogens with zero attached hydrogens (tertiary/aromatic N) is 2. The highest BCUT2D eigenvalue weighted by Crippen LogP contribution is 2.51. The molecule has 0 atom stereocenters. The molecule has 0 bridgehead atoms. The van der Waals surface area contributed by atoms with Crippen LogP contribution in [0.2, 0.25) is 0 Å². The Morgan fingerprint density at radius 2 is 1.43 bits per heavy atom. The van der Waals surface area contributed by atoms with Gasteiger partial charge in [0.2, 0.25) is 0 Å². The van der Waals surface area contributed by atoms with Crippen LogP contribution in [-0.2, 0) is 5.41 Å². The van der Waals surface area contributed by atoms with Crippen molar-refractivity contribution in [2.24, 2.45) is 0 Å². The molecule has 5 aromatic rings. The van der Waals surface area contributed by atoms with Gasteiger partial charge >= 0.3 is 0 Å². The maximum absolute atomic E-state index is 2.52. The Labute approximate surface area is 206 Å². The predicted octanol–water partition coefficient (Wildman–Crippen LogP) is 8.82. The van der Waals surface area contributed by atoms with E-state index in [2.05, 4.69) is 133 Å². The van der Waals surface area contributed by atoms with E-state index < -0.39 is 0 Å². The van der Waals surface area contributed by atoms with Crippen LogP contribution in [0.3, 0.4) is 0 Å². The smallest absolute Gasteiger partial charge is 0.0542 e. The second-order valence-electron chi connectivity index (χ2n) is 10.2. The van der Waals surface area contributed by atoms with Gasteiger partial charge in [-0.1, -0.05) is 80.6 Å². The first-order valence-corrected chi connectivity index (χ1v) is 12.5. The molecule has 0 unspecified atom stereocenters. The first-order valence-electron chi connectivity index (χ1n) is 12.5. The van der Waals surface area contributed by atoms with Gasteiger partial charge in [0, 0.05) is 38.9 Å². The number of rotatable bonds is 2. The SMILES string of the molecule is CC1(C)C2=C(CCC=C2)N(c2ccc3c(c2)c2ccccc2n3-c2ccccc2)c2ccccc21. The number of benzene rings is 4. The third-order valence-corrected chi connectivity index (χ3v) is 7.83. The van der Waals surface area contributed by atoms with E-state index in [1.165, 1.54) is 55.7 Å². The first kappa shape index (κ1) is 20.3. The summed E-state index contributed by atoms with van der Waals surface area (Å²) in [4.78, 5) is 2.52. The van der Waals surface area contributed by atoms with Crippen molar-refractivity contribution in [3.63, 3.8) is 0 Å². The average molecular weight is 453 g/mol. The molecule has 0 saturated carbocycles. The molecule has 1 aliphatic heterocycles. The summed E-state index contributed by atoms with van der Waals surface area (Å²) in [7, 11) is 0. The molecule has 2 nitrogen and oxygen atoms in total. The molecule has 2 heterocycles. The van der Waals surface area contributed by atoms with Crippen molar-refractivity contribution < 1.29 is 0 Å². The lowest BCUT2D eigenvalue weighted by atomic mass is 9.71. The van der Waals surface area contributed by atoms with Crippen LogP contribution in [0.4, 0.5) is 11.4 Å². The van der Waals surface area contributed by atoms with Crippen LogP contribution in [0.5, 0.6) is 0 Å². The van der Waals surface area contributed by atoms with Crippen molar-refractivity contribution in [3.05, 3.63) is 126 Å². The molecule has 0 N–H and O–H groups in total. The van der Waals surface area contributed by atoms with Gasteiger partial charge < -0.3 is 9.47 Å². The zero-order valence-electron chi connectivity index (χ0n) is 20.2. The standard InChI is InChI=1S/C33H28N2/c1-33(2)27-15-7-10-18-31(27)35(32-19-11-8-16-28(32)33)24-20-21-30-26(22-24)25-14-6-9-17-29(25)34(30)23-12-4-3-5-13-23/h3-10,12-18,20-22H,11,19H2,1-2H3. The van der Waals surface area contributed by atoms with Crippen molar-refractivity contribution in [2.45, 2.75) is 32.1 Å². The Kier molecular flexibility index (Phi) is 4.35. The van der Waals surface area contributed by atoms with Gasteiger partial charge in [0.25, 0.3) is 0 Å². The molecular weight excluding hydrogens is 424 g/mol. The lowest BCUT2D eigenvalue weighted by Gasteiger charge is -2.44. The van der Waals surface area contributed by atoms with E-state index in [0.717, 1.165) is 12.8 Å². The molecule has 170 valence electrons. The van der Waals surface area contributed by atoms with Crippen LogP contribution < -0.4 is 4.90 Å². The predicted molar refractivity (Wildman–Crippen MR) is 148 cm³/mol. The number of aromatic nitrogens is 1. The number of allylic oxidation sites excluding steroid dienone is 4. The zero-order chi connectivity index (χ0) is 23.6. The summed E-state index contributed by atoms with van der Waals surface area (Å²) < 4.78 is 2.38. The van der Waals surface area contributed by atoms with E-state index in [9.17, 15) is 0 Å². The van der Waals surface area contributed by atoms with Crippen LogP contribution >= 0.6 is 0 Å². The summed E-state index contributed by atoms with van der Waals surface area (Å²) in [5.74, 6) is 0. The number of fused-ring (bicyclic) bond motifs is 4. The highest BCUT2D eigenvalue weighted by atomic mass is 15.2. The second-order valence-corrected chi connectivity index (χ2v) is 10.2. The largest absolute Gasteiger partial charge is 0.314 e. The Morgan fingerprint density at radius 3 is 2.31 bits per heavy atom. The zero-order valence-corrected chi connectivity index (χ0v) is 20.2. The molecule has 2 heteroatoms. The van der Waals surface area contributed by atoms with Crippen molar-refractivity contribution >= 4 is 33.2 Å². The Balaban J connectivity index is 1.51. The van der Waals surface area contributed by atoms with Crippen molar-refractivity contribution in [3.8, 4) is 5.69 Å². The Bertz CT molecular complexity index is 1660. The molecule has 7 rings (SSSR count). The van der Waals surface area contributed by atoms with Crippen molar-refractivity contribution in [1.29, 1.82) is 0 Å². The van der Waals surface area contributed by atoms with E-state index in [1.807, 2.05) is 0 Å². The maximum atomic E-state index is 2.52. The Hall–Kier alpha value is -4.04. The average Bonchev–Trinajstić information content (AvgIpc) is 3.23. The fraction of sp³-hybridized carbons (Fsp3) is 0.152. The summed E-state index contributed by atoms with van der Waals surface area (Å²) in [6, 6.07) is 35.4. The van der Waals surface area contributed by atoms with Crippen molar-refractivity contribution in [1.82, 2.24) is 4.57 Å². The van der Waals surface area contributed by atoms with Crippen molar-refractivity contribution in [2.75, 3.05) is 4.90 Å². The number of hydrogen-bond acceptors (Lipinski definition) is 1. The highest BCUT2D eigenvalue weighted by molar-refractivity contribution is 6.10. The lowest BCUT2D eigenvalue weighted by Crippen LogP contribution is -2.34. The topological polar surface area (TPSA) is 8.17 Å². The molecular formula is C33H28N2. The molecule has 1 aromatic heterocycles. The summed E-state index contributed by atoms with van der Waals surface area (Å²) in [5, 5.41) is 2.58. The van der Waals surface area contributed by atoms with Gasteiger partial charge in [-0.3, -0.25) is 0 Å². The summed E-state index contributed by atoms with van der Waals surface area (Å²) in [6.45, 7) is 4.73. The normalized spacial score (nSPS) is 16.6. The van der Waals surface area contributed by atoms with Crippen LogP contribution in [0, 0.1) is 0 Å². The van der Waals surface area contributed by atoms with E-state index in [-0.39, 0.29) is 5.41 Å². The first-order chi connectivity index (χ1) is 17.1. The van der Waals surface area contributed by atoms with Gasteiger partial charge in [-0.15, -0.1) is 0 Å². The van der Waals surface area contributed by atoms with Gasteiger partial charge in [-0.05, 0) is 66.4 Å². The number of anilines is 2. The minimum absolute atomic E-state index is 0.00716. The van der Waals surface area contributed by atoms with E-state index in [4.69, 9.17) is 0 Å². The molecule has 35 heavy (non-hydrogen) atoms. The molecule has 0 amide bonds. The van der Waals surface area contributed by atoms with Crippen LogP contribution in [0.15, 0.2) is 120 Å². The molecule has 2 aliphatic rings. The third kappa shape index (κ3) is 2.89.